The number of aliphatic hydroxyl groups excluding tert-OH is 1. The van der Waals surface area contributed by atoms with Gasteiger partial charge in [0.1, 0.15) is 5.75 Å². The van der Waals surface area contributed by atoms with E-state index in [1.165, 1.54) is 31.1 Å². The summed E-state index contributed by atoms with van der Waals surface area (Å²) in [5.74, 6) is 1.37. The molecular weight excluding hydrogens is 332 g/mol. The molecule has 0 amide bonds. The van der Waals surface area contributed by atoms with Crippen LogP contribution in [0.5, 0.6) is 5.75 Å². The van der Waals surface area contributed by atoms with Gasteiger partial charge in [-0.2, -0.15) is 0 Å². The second-order valence-electron chi connectivity index (χ2n) is 7.28. The van der Waals surface area contributed by atoms with Crippen LogP contribution in [0.2, 0.25) is 0 Å². The van der Waals surface area contributed by atoms with E-state index in [0.717, 1.165) is 17.6 Å². The van der Waals surface area contributed by atoms with Crippen molar-refractivity contribution in [2.24, 2.45) is 11.8 Å². The highest BCUT2D eigenvalue weighted by atomic mass is 35.5. The van der Waals surface area contributed by atoms with E-state index in [1.807, 2.05) is 24.3 Å². The lowest BCUT2D eigenvalue weighted by Gasteiger charge is -2.24. The molecule has 0 aromatic heterocycles. The monoisotopic (exact) mass is 360 g/mol. The molecule has 2 nitrogen and oxygen atoms in total. The maximum Gasteiger partial charge on any atom is 0.127 e. The van der Waals surface area contributed by atoms with Crippen LogP contribution in [-0.2, 0) is 0 Å². The molecule has 0 heterocycles. The summed E-state index contributed by atoms with van der Waals surface area (Å²) in [7, 11) is 0. The lowest BCUT2D eigenvalue weighted by Crippen LogP contribution is -2.27. The lowest BCUT2D eigenvalue weighted by molar-refractivity contribution is 0.0784. The highest BCUT2D eigenvalue weighted by Crippen LogP contribution is 2.40. The maximum absolute atomic E-state index is 10.5. The van der Waals surface area contributed by atoms with Gasteiger partial charge < -0.3 is 9.84 Å². The van der Waals surface area contributed by atoms with Crippen LogP contribution < -0.4 is 4.74 Å². The minimum absolute atomic E-state index is 0.0674. The number of halogens is 1. The fourth-order valence-corrected chi connectivity index (χ4v) is 4.57. The molecule has 136 valence electrons. The molecule has 1 saturated carbocycles. The summed E-state index contributed by atoms with van der Waals surface area (Å²) in [6.07, 6.45) is 6.39. The SMILES string of the molecule is CCCCCC[C@@H]1[C@@H](COc2cccc3ccccc23)[C@H](O)C[C@H]1Cl. The minimum atomic E-state index is -0.353. The van der Waals surface area contributed by atoms with Crippen LogP contribution in [0.25, 0.3) is 10.8 Å². The third-order valence-electron chi connectivity index (χ3n) is 5.55. The number of alkyl halides is 1. The van der Waals surface area contributed by atoms with E-state index in [-0.39, 0.29) is 17.4 Å². The molecule has 0 saturated heterocycles. The van der Waals surface area contributed by atoms with Crippen LogP contribution in [0.1, 0.15) is 45.4 Å². The Morgan fingerprint density at radius 2 is 1.84 bits per heavy atom. The molecule has 3 heteroatoms. The average molecular weight is 361 g/mol. The third-order valence-corrected chi connectivity index (χ3v) is 6.05. The summed E-state index contributed by atoms with van der Waals surface area (Å²) in [4.78, 5) is 0. The molecule has 1 aliphatic carbocycles. The smallest absolute Gasteiger partial charge is 0.127 e. The normalized spacial score (nSPS) is 26.2. The highest BCUT2D eigenvalue weighted by molar-refractivity contribution is 6.21. The van der Waals surface area contributed by atoms with Crippen LogP contribution in [0.3, 0.4) is 0 Å². The molecule has 2 aromatic carbocycles. The molecule has 1 aliphatic rings. The fraction of sp³-hybridized carbons (Fsp3) is 0.545. The Morgan fingerprint density at radius 1 is 1.04 bits per heavy atom. The number of hydrogen-bond donors (Lipinski definition) is 1. The third kappa shape index (κ3) is 4.48. The molecule has 1 N–H and O–H groups in total. The molecular formula is C22H29ClO2. The van der Waals surface area contributed by atoms with E-state index < -0.39 is 0 Å². The zero-order chi connectivity index (χ0) is 17.6. The van der Waals surface area contributed by atoms with Gasteiger partial charge in [-0.25, -0.2) is 0 Å². The van der Waals surface area contributed by atoms with E-state index in [2.05, 4.69) is 25.1 Å². The summed E-state index contributed by atoms with van der Waals surface area (Å²) in [5.41, 5.74) is 0. The van der Waals surface area contributed by atoms with Crippen molar-refractivity contribution in [1.29, 1.82) is 0 Å². The molecule has 0 aliphatic heterocycles. The van der Waals surface area contributed by atoms with Gasteiger partial charge >= 0.3 is 0 Å². The van der Waals surface area contributed by atoms with E-state index in [0.29, 0.717) is 18.9 Å². The molecule has 0 radical (unpaired) electrons. The Balaban J connectivity index is 1.65. The van der Waals surface area contributed by atoms with Crippen molar-refractivity contribution in [1.82, 2.24) is 0 Å². The number of benzene rings is 2. The Hall–Kier alpha value is -1.25. The van der Waals surface area contributed by atoms with Crippen LogP contribution in [0.15, 0.2) is 42.5 Å². The van der Waals surface area contributed by atoms with Gasteiger partial charge in [0, 0.05) is 16.7 Å². The zero-order valence-corrected chi connectivity index (χ0v) is 15.8. The Bertz CT molecular complexity index is 667. The van der Waals surface area contributed by atoms with Gasteiger partial charge in [0.25, 0.3) is 0 Å². The minimum Gasteiger partial charge on any atom is -0.493 e. The lowest BCUT2D eigenvalue weighted by atomic mass is 9.90. The quantitative estimate of drug-likeness (QED) is 0.476. The topological polar surface area (TPSA) is 29.5 Å². The number of hydrogen-bond acceptors (Lipinski definition) is 2. The van der Waals surface area contributed by atoms with Gasteiger partial charge in [-0.3, -0.25) is 0 Å². The second-order valence-corrected chi connectivity index (χ2v) is 7.84. The Labute approximate surface area is 156 Å². The highest BCUT2D eigenvalue weighted by Gasteiger charge is 2.41. The first-order valence-electron chi connectivity index (χ1n) is 9.63. The van der Waals surface area contributed by atoms with Gasteiger partial charge in [-0.05, 0) is 30.2 Å². The first-order chi connectivity index (χ1) is 12.2. The predicted octanol–water partition coefficient (Wildman–Crippen LogP) is 5.79. The van der Waals surface area contributed by atoms with Gasteiger partial charge in [0.05, 0.1) is 12.7 Å². The molecule has 4 atom stereocenters. The first-order valence-corrected chi connectivity index (χ1v) is 10.1. The van der Waals surface area contributed by atoms with Crippen molar-refractivity contribution in [2.75, 3.05) is 6.61 Å². The van der Waals surface area contributed by atoms with Crippen molar-refractivity contribution in [3.63, 3.8) is 0 Å². The molecule has 1 fully saturated rings. The van der Waals surface area contributed by atoms with Gasteiger partial charge in [-0.1, -0.05) is 69.0 Å². The Kier molecular flexibility index (Phi) is 6.61. The number of unbranched alkanes of at least 4 members (excludes halogenated alkanes) is 3. The van der Waals surface area contributed by atoms with Gasteiger partial charge in [0.15, 0.2) is 0 Å². The van der Waals surface area contributed by atoms with Crippen molar-refractivity contribution < 1.29 is 9.84 Å². The van der Waals surface area contributed by atoms with Gasteiger partial charge in [0.2, 0.25) is 0 Å². The molecule has 25 heavy (non-hydrogen) atoms. The number of aliphatic hydroxyl groups is 1. The molecule has 2 aromatic rings. The van der Waals surface area contributed by atoms with Crippen molar-refractivity contribution >= 4 is 22.4 Å². The van der Waals surface area contributed by atoms with E-state index in [4.69, 9.17) is 16.3 Å². The van der Waals surface area contributed by atoms with E-state index in [1.54, 1.807) is 0 Å². The van der Waals surface area contributed by atoms with E-state index in [9.17, 15) is 5.11 Å². The second kappa shape index (κ2) is 8.91. The van der Waals surface area contributed by atoms with Crippen molar-refractivity contribution in [3.05, 3.63) is 42.5 Å². The standard InChI is InChI=1S/C22H29ClO2/c1-2-3-4-5-12-18-19(21(24)14-20(18)23)15-25-22-13-8-10-16-9-6-7-11-17(16)22/h6-11,13,18-21,24H,2-5,12,14-15H2,1H3/t18-,19-,20-,21-/m1/s1. The number of rotatable bonds is 8. The molecule has 0 bridgehead atoms. The largest absolute Gasteiger partial charge is 0.493 e. The average Bonchev–Trinajstić information content (AvgIpc) is 2.90. The van der Waals surface area contributed by atoms with Crippen LogP contribution in [-0.4, -0.2) is 23.2 Å². The molecule has 0 unspecified atom stereocenters. The maximum atomic E-state index is 10.5. The Morgan fingerprint density at radius 3 is 2.68 bits per heavy atom. The predicted molar refractivity (Wildman–Crippen MR) is 105 cm³/mol. The van der Waals surface area contributed by atoms with Crippen LogP contribution >= 0.6 is 11.6 Å². The van der Waals surface area contributed by atoms with Crippen LogP contribution in [0, 0.1) is 11.8 Å². The summed E-state index contributed by atoms with van der Waals surface area (Å²) in [6, 6.07) is 14.4. The summed E-state index contributed by atoms with van der Waals surface area (Å²) < 4.78 is 6.16. The van der Waals surface area contributed by atoms with Crippen molar-refractivity contribution in [3.8, 4) is 5.75 Å². The zero-order valence-electron chi connectivity index (χ0n) is 15.0. The summed E-state index contributed by atoms with van der Waals surface area (Å²) in [6.45, 7) is 2.77. The number of ether oxygens (including phenoxy) is 1. The summed E-state index contributed by atoms with van der Waals surface area (Å²) in [5, 5.41) is 12.8. The number of fused-ring (bicyclic) bond motifs is 1. The fourth-order valence-electron chi connectivity index (χ4n) is 4.08. The molecule has 0 spiro atoms. The van der Waals surface area contributed by atoms with Gasteiger partial charge in [-0.15, -0.1) is 11.6 Å². The molecule has 3 rings (SSSR count). The first kappa shape index (κ1) is 18.5. The van der Waals surface area contributed by atoms with E-state index >= 15 is 0 Å². The van der Waals surface area contributed by atoms with Crippen LogP contribution in [0.4, 0.5) is 0 Å². The van der Waals surface area contributed by atoms with Crippen molar-refractivity contribution in [2.45, 2.75) is 56.9 Å². The summed E-state index contributed by atoms with van der Waals surface area (Å²) >= 11 is 6.54.